The maximum Gasteiger partial charge on any atom is 0.215 e. The van der Waals surface area contributed by atoms with Crippen LogP contribution >= 0.6 is 0 Å². The lowest BCUT2D eigenvalue weighted by molar-refractivity contribution is 0.582. The minimum atomic E-state index is -3.40. The Labute approximate surface area is 170 Å². The van der Waals surface area contributed by atoms with Crippen LogP contribution in [0.5, 0.6) is 0 Å². The van der Waals surface area contributed by atoms with E-state index in [0.717, 1.165) is 16.7 Å². The molecule has 8 nitrogen and oxygen atoms in total. The van der Waals surface area contributed by atoms with Gasteiger partial charge >= 0.3 is 0 Å². The second-order valence-corrected chi connectivity index (χ2v) is 8.51. The van der Waals surface area contributed by atoms with Crippen molar-refractivity contribution < 1.29 is 8.42 Å². The minimum absolute atomic E-state index is 0.0419. The van der Waals surface area contributed by atoms with Crippen molar-refractivity contribution >= 4 is 27.5 Å². The fourth-order valence-corrected chi connectivity index (χ4v) is 3.86. The van der Waals surface area contributed by atoms with Crippen LogP contribution < -0.4 is 15.4 Å². The summed E-state index contributed by atoms with van der Waals surface area (Å²) >= 11 is 0. The lowest BCUT2D eigenvalue weighted by atomic mass is 10.2. The predicted octanol–water partition coefficient (Wildman–Crippen LogP) is 2.76. The average molecular weight is 413 g/mol. The van der Waals surface area contributed by atoms with Gasteiger partial charge in [-0.2, -0.15) is 0 Å². The Balaban J connectivity index is 1.49. The Bertz CT molecular complexity index is 1070. The second kappa shape index (κ2) is 9.44. The summed E-state index contributed by atoms with van der Waals surface area (Å²) in [6.07, 6.45) is 3.16. The van der Waals surface area contributed by atoms with E-state index in [0.29, 0.717) is 24.0 Å². The Morgan fingerprint density at radius 3 is 2.41 bits per heavy atom. The first-order chi connectivity index (χ1) is 13.9. The van der Waals surface area contributed by atoms with Crippen molar-refractivity contribution in [1.29, 1.82) is 0 Å². The van der Waals surface area contributed by atoms with Crippen molar-refractivity contribution in [3.8, 4) is 0 Å². The molecular formula is C20H24N6O2S. The molecule has 0 bridgehead atoms. The van der Waals surface area contributed by atoms with Gasteiger partial charge in [0, 0.05) is 25.4 Å². The highest BCUT2D eigenvalue weighted by Crippen LogP contribution is 2.15. The fourth-order valence-electron chi connectivity index (χ4n) is 2.73. The molecule has 2 aromatic heterocycles. The van der Waals surface area contributed by atoms with Gasteiger partial charge in [0.05, 0.1) is 5.75 Å². The smallest absolute Gasteiger partial charge is 0.215 e. The lowest BCUT2D eigenvalue weighted by Crippen LogP contribution is -2.30. The number of pyridine rings is 1. The van der Waals surface area contributed by atoms with E-state index >= 15 is 0 Å². The van der Waals surface area contributed by atoms with E-state index < -0.39 is 10.0 Å². The highest BCUT2D eigenvalue weighted by Gasteiger charge is 2.11. The number of anilines is 3. The molecule has 0 fully saturated rings. The zero-order chi connectivity index (χ0) is 20.7. The van der Waals surface area contributed by atoms with Gasteiger partial charge in [-0.25, -0.2) is 28.1 Å². The van der Waals surface area contributed by atoms with Crippen LogP contribution in [0.2, 0.25) is 0 Å². The summed E-state index contributed by atoms with van der Waals surface area (Å²) in [5.41, 5.74) is 2.89. The summed E-state index contributed by atoms with van der Waals surface area (Å²) in [4.78, 5) is 12.6. The van der Waals surface area contributed by atoms with Crippen LogP contribution in [0.25, 0.3) is 0 Å². The minimum Gasteiger partial charge on any atom is -0.369 e. The van der Waals surface area contributed by atoms with E-state index in [4.69, 9.17) is 0 Å². The zero-order valence-electron chi connectivity index (χ0n) is 16.4. The number of hydrogen-bond donors (Lipinski definition) is 3. The number of benzene rings is 1. The predicted molar refractivity (Wildman–Crippen MR) is 115 cm³/mol. The molecule has 0 amide bonds. The quantitative estimate of drug-likeness (QED) is 0.464. The molecule has 1 aromatic carbocycles. The maximum atomic E-state index is 12.2. The van der Waals surface area contributed by atoms with Crippen LogP contribution in [0.15, 0.2) is 55.0 Å². The Hall–Kier alpha value is -3.04. The lowest BCUT2D eigenvalue weighted by Gasteiger charge is -2.10. The van der Waals surface area contributed by atoms with Gasteiger partial charge in [0.25, 0.3) is 0 Å². The van der Waals surface area contributed by atoms with E-state index in [-0.39, 0.29) is 12.3 Å². The van der Waals surface area contributed by atoms with Gasteiger partial charge in [0.2, 0.25) is 10.0 Å². The van der Waals surface area contributed by atoms with E-state index in [1.54, 1.807) is 12.3 Å². The van der Waals surface area contributed by atoms with Crippen molar-refractivity contribution in [2.45, 2.75) is 19.6 Å². The molecule has 0 saturated carbocycles. The molecule has 0 saturated heterocycles. The monoisotopic (exact) mass is 412 g/mol. The van der Waals surface area contributed by atoms with Gasteiger partial charge in [-0.1, -0.05) is 29.8 Å². The Kier molecular flexibility index (Phi) is 6.73. The third-order valence-electron chi connectivity index (χ3n) is 4.03. The van der Waals surface area contributed by atoms with Crippen molar-refractivity contribution in [2.24, 2.45) is 0 Å². The van der Waals surface area contributed by atoms with E-state index in [1.165, 1.54) is 6.33 Å². The number of sulfonamides is 1. The molecule has 0 unspecified atom stereocenters. The molecule has 2 heterocycles. The molecule has 0 aliphatic rings. The summed E-state index contributed by atoms with van der Waals surface area (Å²) in [5.74, 6) is 1.84. The van der Waals surface area contributed by atoms with Crippen molar-refractivity contribution in [2.75, 3.05) is 23.7 Å². The summed E-state index contributed by atoms with van der Waals surface area (Å²) in [5, 5.41) is 6.21. The molecule has 0 radical (unpaired) electrons. The largest absolute Gasteiger partial charge is 0.369 e. The third kappa shape index (κ3) is 6.81. The van der Waals surface area contributed by atoms with Gasteiger partial charge in [0.1, 0.15) is 23.8 Å². The van der Waals surface area contributed by atoms with Gasteiger partial charge in [-0.05, 0) is 37.1 Å². The normalized spacial score (nSPS) is 11.2. The van der Waals surface area contributed by atoms with Crippen LogP contribution in [-0.4, -0.2) is 36.5 Å². The number of rotatable bonds is 9. The molecular weight excluding hydrogens is 388 g/mol. The second-order valence-electron chi connectivity index (χ2n) is 6.70. The summed E-state index contributed by atoms with van der Waals surface area (Å²) in [6.45, 7) is 4.57. The summed E-state index contributed by atoms with van der Waals surface area (Å²) < 4.78 is 27.1. The van der Waals surface area contributed by atoms with Crippen LogP contribution in [0.1, 0.15) is 16.7 Å². The zero-order valence-corrected chi connectivity index (χ0v) is 17.2. The number of aromatic nitrogens is 3. The average Bonchev–Trinajstić information content (AvgIpc) is 2.65. The first kappa shape index (κ1) is 20.7. The number of hydrogen-bond acceptors (Lipinski definition) is 7. The first-order valence-corrected chi connectivity index (χ1v) is 10.8. The van der Waals surface area contributed by atoms with Gasteiger partial charge < -0.3 is 10.6 Å². The highest BCUT2D eigenvalue weighted by molar-refractivity contribution is 7.88. The molecule has 152 valence electrons. The van der Waals surface area contributed by atoms with E-state index in [1.807, 2.05) is 50.2 Å². The molecule has 3 aromatic rings. The molecule has 29 heavy (non-hydrogen) atoms. The standard InChI is InChI=1S/C20H24N6O2S/c1-15-4-3-5-17(10-15)13-29(27,28)25-9-8-22-18-12-20(24-14-23-18)26-19-11-16(2)6-7-21-19/h3-7,10-12,14,25H,8-9,13H2,1-2H3,(H2,21,22,23,24,26). The molecule has 0 atom stereocenters. The Morgan fingerprint density at radius 1 is 0.862 bits per heavy atom. The summed E-state index contributed by atoms with van der Waals surface area (Å²) in [7, 11) is -3.40. The van der Waals surface area contributed by atoms with Crippen molar-refractivity contribution in [3.05, 3.63) is 71.7 Å². The molecule has 0 spiro atoms. The molecule has 3 N–H and O–H groups in total. The maximum absolute atomic E-state index is 12.2. The van der Waals surface area contributed by atoms with E-state index in [2.05, 4.69) is 30.3 Å². The highest BCUT2D eigenvalue weighted by atomic mass is 32.2. The number of aryl methyl sites for hydroxylation is 2. The SMILES string of the molecule is Cc1cccc(CS(=O)(=O)NCCNc2cc(Nc3cc(C)ccn3)ncn2)c1. The number of nitrogens with zero attached hydrogens (tertiary/aromatic N) is 3. The molecule has 3 rings (SSSR count). The van der Waals surface area contributed by atoms with Gasteiger partial charge in [0.15, 0.2) is 0 Å². The van der Waals surface area contributed by atoms with Gasteiger partial charge in [-0.15, -0.1) is 0 Å². The van der Waals surface area contributed by atoms with Gasteiger partial charge in [-0.3, -0.25) is 0 Å². The molecule has 0 aliphatic heterocycles. The van der Waals surface area contributed by atoms with Crippen LogP contribution in [0.4, 0.5) is 17.5 Å². The first-order valence-electron chi connectivity index (χ1n) is 9.18. The molecule has 9 heteroatoms. The van der Waals surface area contributed by atoms with Crippen molar-refractivity contribution in [1.82, 2.24) is 19.7 Å². The fraction of sp³-hybridized carbons (Fsp3) is 0.250. The van der Waals surface area contributed by atoms with Crippen molar-refractivity contribution in [3.63, 3.8) is 0 Å². The van der Waals surface area contributed by atoms with Crippen LogP contribution in [-0.2, 0) is 15.8 Å². The Morgan fingerprint density at radius 2 is 1.62 bits per heavy atom. The van der Waals surface area contributed by atoms with Crippen LogP contribution in [0, 0.1) is 13.8 Å². The van der Waals surface area contributed by atoms with Crippen LogP contribution in [0.3, 0.4) is 0 Å². The molecule has 0 aliphatic carbocycles. The third-order valence-corrected chi connectivity index (χ3v) is 5.39. The topological polar surface area (TPSA) is 109 Å². The summed E-state index contributed by atoms with van der Waals surface area (Å²) in [6, 6.07) is 13.0. The van der Waals surface area contributed by atoms with E-state index in [9.17, 15) is 8.42 Å². The number of nitrogens with one attached hydrogen (secondary N) is 3.